The standard InChI is InChI=1S/C33H47N2O10PS/c1-32(2,3)45-28(37)16-17-29(38)47-21-20-34-27(36)18-19-35-31(40)30(39)33(4,5)24-44-46(41,42-22-25-12-8-6-9-13-25)43-23-26-14-10-7-11-15-26/h6-15,30,39H,16-24H2,1-5H3,(H,34,36)(H,35,40)/t30-/m0/s1. The number of carbonyl (C=O) groups is 4. The van der Waals surface area contributed by atoms with Gasteiger partial charge in [-0.3, -0.25) is 32.7 Å². The van der Waals surface area contributed by atoms with Crippen LogP contribution in [0.15, 0.2) is 60.7 Å². The van der Waals surface area contributed by atoms with Gasteiger partial charge in [-0.15, -0.1) is 0 Å². The number of phosphoric acid groups is 1. The van der Waals surface area contributed by atoms with E-state index in [-0.39, 0.29) is 63.2 Å². The average molecular weight is 695 g/mol. The monoisotopic (exact) mass is 694 g/mol. The summed E-state index contributed by atoms with van der Waals surface area (Å²) in [6.45, 7) is 8.15. The number of carbonyl (C=O) groups excluding carboxylic acids is 4. The van der Waals surface area contributed by atoms with Crippen LogP contribution in [0.4, 0.5) is 0 Å². The third kappa shape index (κ3) is 17.1. The first-order valence-electron chi connectivity index (χ1n) is 15.3. The number of benzene rings is 2. The Morgan fingerprint density at radius 3 is 1.87 bits per heavy atom. The SMILES string of the molecule is CC(C)(C)OC(=O)CCC(=O)SCCNC(=O)CCNC(=O)[C@H](O)C(C)(C)COP(=O)(OCc1ccccc1)OCc1ccccc1. The Kier molecular flexibility index (Phi) is 16.8. The Labute approximate surface area is 281 Å². The van der Waals surface area contributed by atoms with Crippen LogP contribution in [0.25, 0.3) is 0 Å². The number of amides is 2. The fourth-order valence-corrected chi connectivity index (χ4v) is 5.76. The van der Waals surface area contributed by atoms with Crippen molar-refractivity contribution in [2.24, 2.45) is 5.41 Å². The maximum Gasteiger partial charge on any atom is 0.475 e. The minimum atomic E-state index is -4.13. The van der Waals surface area contributed by atoms with Gasteiger partial charge in [0.25, 0.3) is 0 Å². The van der Waals surface area contributed by atoms with Gasteiger partial charge in [0.2, 0.25) is 11.8 Å². The second-order valence-corrected chi connectivity index (χ2v) is 15.1. The number of nitrogens with one attached hydrogen (secondary N) is 2. The summed E-state index contributed by atoms with van der Waals surface area (Å²) in [6.07, 6.45) is -1.58. The summed E-state index contributed by atoms with van der Waals surface area (Å²) in [4.78, 5) is 48.5. The molecular weight excluding hydrogens is 647 g/mol. The molecule has 2 amide bonds. The maximum atomic E-state index is 13.6. The van der Waals surface area contributed by atoms with E-state index in [4.69, 9.17) is 18.3 Å². The zero-order chi connectivity index (χ0) is 34.9. The third-order valence-electron chi connectivity index (χ3n) is 6.34. The average Bonchev–Trinajstić information content (AvgIpc) is 3.03. The van der Waals surface area contributed by atoms with Crippen LogP contribution in [0, 0.1) is 5.41 Å². The topological polar surface area (TPSA) is 167 Å². The maximum absolute atomic E-state index is 13.6. The lowest BCUT2D eigenvalue weighted by Gasteiger charge is -2.30. The van der Waals surface area contributed by atoms with Gasteiger partial charge < -0.3 is 20.5 Å². The molecule has 0 unspecified atom stereocenters. The number of hydrogen-bond donors (Lipinski definition) is 3. The third-order valence-corrected chi connectivity index (χ3v) is 8.61. The van der Waals surface area contributed by atoms with Crippen molar-refractivity contribution in [3.05, 3.63) is 71.8 Å². The molecule has 0 aromatic heterocycles. The minimum absolute atomic E-state index is 0.00662. The summed E-state index contributed by atoms with van der Waals surface area (Å²) in [7, 11) is -4.13. The fraction of sp³-hybridized carbons (Fsp3) is 0.515. The van der Waals surface area contributed by atoms with Gasteiger partial charge >= 0.3 is 13.8 Å². The molecule has 47 heavy (non-hydrogen) atoms. The van der Waals surface area contributed by atoms with E-state index < -0.39 is 36.8 Å². The molecule has 0 radical (unpaired) electrons. The quantitative estimate of drug-likeness (QED) is 0.0977. The van der Waals surface area contributed by atoms with Crippen LogP contribution < -0.4 is 10.6 Å². The van der Waals surface area contributed by atoms with Gasteiger partial charge in [-0.25, -0.2) is 4.57 Å². The fourth-order valence-electron chi connectivity index (χ4n) is 3.76. The van der Waals surface area contributed by atoms with E-state index in [0.29, 0.717) is 5.75 Å². The summed E-state index contributed by atoms with van der Waals surface area (Å²) in [5.41, 5.74) is -0.307. The molecule has 0 aliphatic heterocycles. The van der Waals surface area contributed by atoms with Crippen LogP contribution in [0.1, 0.15) is 65.0 Å². The Morgan fingerprint density at radius 2 is 1.34 bits per heavy atom. The van der Waals surface area contributed by atoms with E-state index in [1.54, 1.807) is 58.9 Å². The lowest BCUT2D eigenvalue weighted by molar-refractivity contribution is -0.155. The highest BCUT2D eigenvalue weighted by atomic mass is 32.2. The molecule has 0 bridgehead atoms. The molecule has 0 aliphatic rings. The Morgan fingerprint density at radius 1 is 0.787 bits per heavy atom. The van der Waals surface area contributed by atoms with E-state index in [0.717, 1.165) is 22.9 Å². The highest BCUT2D eigenvalue weighted by Crippen LogP contribution is 2.52. The van der Waals surface area contributed by atoms with Gasteiger partial charge in [-0.2, -0.15) is 0 Å². The minimum Gasteiger partial charge on any atom is -0.460 e. The molecule has 14 heteroatoms. The zero-order valence-electron chi connectivity index (χ0n) is 27.7. The number of phosphoric ester groups is 1. The van der Waals surface area contributed by atoms with Gasteiger partial charge in [0.05, 0.1) is 26.2 Å². The van der Waals surface area contributed by atoms with Gasteiger partial charge in [0, 0.05) is 37.1 Å². The number of aliphatic hydroxyl groups is 1. The molecule has 0 spiro atoms. The predicted octanol–water partition coefficient (Wildman–Crippen LogP) is 4.94. The van der Waals surface area contributed by atoms with Crippen molar-refractivity contribution < 1.29 is 47.2 Å². The molecule has 0 saturated heterocycles. The summed E-state index contributed by atoms with van der Waals surface area (Å²) in [5, 5.41) is 15.8. The highest BCUT2D eigenvalue weighted by molar-refractivity contribution is 8.13. The molecular formula is C33H47N2O10PS. The highest BCUT2D eigenvalue weighted by Gasteiger charge is 2.38. The summed E-state index contributed by atoms with van der Waals surface area (Å²) in [6, 6.07) is 18.2. The molecule has 12 nitrogen and oxygen atoms in total. The van der Waals surface area contributed by atoms with Crippen LogP contribution >= 0.6 is 19.6 Å². The van der Waals surface area contributed by atoms with Crippen LogP contribution in [0.3, 0.4) is 0 Å². The predicted molar refractivity (Wildman–Crippen MR) is 179 cm³/mol. The van der Waals surface area contributed by atoms with Crippen molar-refractivity contribution in [3.63, 3.8) is 0 Å². The van der Waals surface area contributed by atoms with Crippen molar-refractivity contribution in [3.8, 4) is 0 Å². The van der Waals surface area contributed by atoms with E-state index in [9.17, 15) is 28.8 Å². The first kappa shape index (κ1) is 40.1. The first-order chi connectivity index (χ1) is 22.1. The van der Waals surface area contributed by atoms with E-state index in [2.05, 4.69) is 10.6 Å². The number of hydrogen-bond acceptors (Lipinski definition) is 11. The Balaban J connectivity index is 1.75. The lowest BCUT2D eigenvalue weighted by Crippen LogP contribution is -2.46. The van der Waals surface area contributed by atoms with Gasteiger partial charge in [0.1, 0.15) is 11.7 Å². The molecule has 0 aliphatic carbocycles. The van der Waals surface area contributed by atoms with Crippen molar-refractivity contribution >= 4 is 42.5 Å². The number of aliphatic hydroxyl groups excluding tert-OH is 1. The Hall–Kier alpha value is -3.06. The molecule has 0 saturated carbocycles. The molecule has 0 heterocycles. The molecule has 2 aromatic rings. The normalized spacial score (nSPS) is 12.6. The number of thioether (sulfide) groups is 1. The molecule has 0 fully saturated rings. The molecule has 2 rings (SSSR count). The Bertz CT molecular complexity index is 1290. The second kappa shape index (κ2) is 19.7. The summed E-state index contributed by atoms with van der Waals surface area (Å²) >= 11 is 1.01. The van der Waals surface area contributed by atoms with Crippen LogP contribution in [0.5, 0.6) is 0 Å². The lowest BCUT2D eigenvalue weighted by atomic mass is 9.87. The van der Waals surface area contributed by atoms with Crippen LogP contribution in [0.2, 0.25) is 0 Å². The van der Waals surface area contributed by atoms with E-state index in [1.807, 2.05) is 36.4 Å². The molecule has 2 aromatic carbocycles. The molecule has 3 N–H and O–H groups in total. The molecule has 1 atom stereocenters. The number of ether oxygens (including phenoxy) is 1. The number of esters is 1. The smallest absolute Gasteiger partial charge is 0.460 e. The van der Waals surface area contributed by atoms with Gasteiger partial charge in [-0.1, -0.05) is 86.3 Å². The summed E-state index contributed by atoms with van der Waals surface area (Å²) in [5.74, 6) is -1.20. The van der Waals surface area contributed by atoms with Crippen molar-refractivity contribution in [2.45, 2.75) is 78.8 Å². The van der Waals surface area contributed by atoms with Crippen molar-refractivity contribution in [1.29, 1.82) is 0 Å². The first-order valence-corrected chi connectivity index (χ1v) is 17.7. The van der Waals surface area contributed by atoms with Crippen LogP contribution in [-0.2, 0) is 55.3 Å². The van der Waals surface area contributed by atoms with Gasteiger partial charge in [0.15, 0.2) is 5.12 Å². The zero-order valence-corrected chi connectivity index (χ0v) is 29.4. The molecule has 260 valence electrons. The van der Waals surface area contributed by atoms with Crippen molar-refractivity contribution in [1.82, 2.24) is 10.6 Å². The largest absolute Gasteiger partial charge is 0.475 e. The van der Waals surface area contributed by atoms with Crippen molar-refractivity contribution in [2.75, 3.05) is 25.4 Å². The van der Waals surface area contributed by atoms with Crippen LogP contribution in [-0.4, -0.2) is 65.2 Å². The number of rotatable bonds is 20. The van der Waals surface area contributed by atoms with E-state index in [1.165, 1.54) is 0 Å². The summed E-state index contributed by atoms with van der Waals surface area (Å²) < 4.78 is 35.6. The second-order valence-electron chi connectivity index (χ2n) is 12.3. The van der Waals surface area contributed by atoms with E-state index >= 15 is 0 Å². The van der Waals surface area contributed by atoms with Gasteiger partial charge in [-0.05, 0) is 31.9 Å².